The molecule has 1 atom stereocenters. The maximum absolute atomic E-state index is 11.1. The van der Waals surface area contributed by atoms with Crippen LogP contribution in [0.5, 0.6) is 5.75 Å². The molecule has 0 fully saturated rings. The average molecular weight is 381 g/mol. The van der Waals surface area contributed by atoms with Gasteiger partial charge in [0.15, 0.2) is 5.16 Å². The molecule has 0 aliphatic rings. The number of carboxylic acids is 1. The number of fused-ring (bicyclic) bond motifs is 3. The van der Waals surface area contributed by atoms with Crippen LogP contribution in [0.15, 0.2) is 59.8 Å². The summed E-state index contributed by atoms with van der Waals surface area (Å²) in [7, 11) is 0. The molecular weight excluding hydrogens is 364 g/mol. The minimum Gasteiger partial charge on any atom is -0.549 e. The van der Waals surface area contributed by atoms with Gasteiger partial charge in [-0.05, 0) is 31.2 Å². The van der Waals surface area contributed by atoms with Crippen LogP contribution in [0.3, 0.4) is 0 Å². The quantitative estimate of drug-likeness (QED) is 0.455. The number of carbonyl (C=O) groups excluding carboxylic acids is 1. The van der Waals surface area contributed by atoms with Gasteiger partial charge in [0.05, 0.1) is 23.5 Å². The Balaban J connectivity index is 1.67. The fourth-order valence-corrected chi connectivity index (χ4v) is 3.70. The molecule has 0 amide bonds. The number of hydrogen-bond acceptors (Lipinski definition) is 6. The molecule has 4 aromatic rings. The molecular formula is C19H17N4O3S-. The first-order valence-corrected chi connectivity index (χ1v) is 9.41. The van der Waals surface area contributed by atoms with Crippen LogP contribution in [0, 0.1) is 0 Å². The van der Waals surface area contributed by atoms with Gasteiger partial charge in [-0.1, -0.05) is 42.1 Å². The van der Waals surface area contributed by atoms with Crippen molar-refractivity contribution >= 4 is 34.5 Å². The first-order valence-electron chi connectivity index (χ1n) is 8.53. The lowest BCUT2D eigenvalue weighted by Gasteiger charge is -2.09. The molecule has 27 heavy (non-hydrogen) atoms. The van der Waals surface area contributed by atoms with Crippen molar-refractivity contribution in [2.75, 3.05) is 6.61 Å². The summed E-state index contributed by atoms with van der Waals surface area (Å²) < 4.78 is 9.71. The van der Waals surface area contributed by atoms with Crippen molar-refractivity contribution in [3.05, 3.63) is 54.6 Å². The van der Waals surface area contributed by atoms with E-state index in [9.17, 15) is 9.90 Å². The number of carbonyl (C=O) groups is 1. The Morgan fingerprint density at radius 1 is 1.11 bits per heavy atom. The van der Waals surface area contributed by atoms with E-state index in [0.29, 0.717) is 24.1 Å². The lowest BCUT2D eigenvalue weighted by molar-refractivity contribution is -0.304. The molecule has 0 aliphatic heterocycles. The Bertz CT molecular complexity index is 1090. The largest absolute Gasteiger partial charge is 0.549 e. The normalized spacial score (nSPS) is 12.5. The summed E-state index contributed by atoms with van der Waals surface area (Å²) in [5.41, 5.74) is 1.91. The van der Waals surface area contributed by atoms with Gasteiger partial charge in [-0.25, -0.2) is 0 Å². The van der Waals surface area contributed by atoms with Gasteiger partial charge in [0, 0.05) is 5.25 Å². The van der Waals surface area contributed by atoms with Crippen LogP contribution in [-0.2, 0) is 11.3 Å². The summed E-state index contributed by atoms with van der Waals surface area (Å²) in [4.78, 5) is 11.1. The predicted molar refractivity (Wildman–Crippen MR) is 101 cm³/mol. The Kier molecular flexibility index (Phi) is 4.72. The van der Waals surface area contributed by atoms with Gasteiger partial charge in [0.1, 0.15) is 12.4 Å². The summed E-state index contributed by atoms with van der Waals surface area (Å²) in [5.74, 6) is 0.336. The van der Waals surface area contributed by atoms with E-state index in [4.69, 9.17) is 4.74 Å². The number of rotatable bonds is 7. The van der Waals surface area contributed by atoms with Gasteiger partial charge >= 0.3 is 0 Å². The van der Waals surface area contributed by atoms with E-state index < -0.39 is 11.2 Å². The second kappa shape index (κ2) is 7.32. The zero-order chi connectivity index (χ0) is 18.8. The topological polar surface area (TPSA) is 84.5 Å². The summed E-state index contributed by atoms with van der Waals surface area (Å²) >= 11 is 1.12. The zero-order valence-electron chi connectivity index (χ0n) is 14.6. The summed E-state index contributed by atoms with van der Waals surface area (Å²) in [6, 6.07) is 17.5. The third kappa shape index (κ3) is 3.35. The molecule has 0 saturated carbocycles. The monoisotopic (exact) mass is 381 g/mol. The number of para-hydroxylation sites is 3. The van der Waals surface area contributed by atoms with Crippen molar-refractivity contribution in [3.8, 4) is 5.75 Å². The maximum Gasteiger partial charge on any atom is 0.237 e. The van der Waals surface area contributed by atoms with Gasteiger partial charge in [0.25, 0.3) is 0 Å². The third-order valence-corrected chi connectivity index (χ3v) is 5.23. The molecule has 0 aliphatic carbocycles. The van der Waals surface area contributed by atoms with Crippen LogP contribution < -0.4 is 9.84 Å². The van der Waals surface area contributed by atoms with Gasteiger partial charge in [-0.2, -0.15) is 0 Å². The number of hydrogen-bond donors (Lipinski definition) is 0. The number of carboxylic acid groups (broad SMARTS) is 1. The molecule has 8 heteroatoms. The second-order valence-electron chi connectivity index (χ2n) is 6.00. The van der Waals surface area contributed by atoms with Crippen LogP contribution in [0.1, 0.15) is 6.92 Å². The fourth-order valence-electron chi connectivity index (χ4n) is 2.91. The SMILES string of the molecule is C[C@@H](Sc1nnc2n(CCOc3ccccc3)c3ccccc3n12)C(=O)[O-]. The van der Waals surface area contributed by atoms with Crippen molar-refractivity contribution < 1.29 is 14.6 Å². The zero-order valence-corrected chi connectivity index (χ0v) is 15.4. The molecule has 4 rings (SSSR count). The fraction of sp³-hybridized carbons (Fsp3) is 0.211. The Labute approximate surface area is 159 Å². The highest BCUT2D eigenvalue weighted by molar-refractivity contribution is 8.00. The molecule has 0 unspecified atom stereocenters. The Morgan fingerprint density at radius 3 is 2.56 bits per heavy atom. The number of nitrogens with zero attached hydrogens (tertiary/aromatic N) is 4. The van der Waals surface area contributed by atoms with Crippen molar-refractivity contribution in [1.82, 2.24) is 19.2 Å². The highest BCUT2D eigenvalue weighted by Crippen LogP contribution is 2.28. The first kappa shape index (κ1) is 17.4. The lowest BCUT2D eigenvalue weighted by atomic mass is 10.3. The van der Waals surface area contributed by atoms with Gasteiger partial charge in [-0.3, -0.25) is 4.40 Å². The Hall–Kier alpha value is -3.00. The minimum atomic E-state index is -1.13. The van der Waals surface area contributed by atoms with E-state index in [1.807, 2.05) is 63.6 Å². The molecule has 0 bridgehead atoms. The van der Waals surface area contributed by atoms with Crippen LogP contribution in [0.25, 0.3) is 16.8 Å². The molecule has 2 aromatic carbocycles. The van der Waals surface area contributed by atoms with Crippen LogP contribution in [-0.4, -0.2) is 37.0 Å². The van der Waals surface area contributed by atoms with E-state index in [1.165, 1.54) is 0 Å². The standard InChI is InChI=1S/C19H18N4O3S/c1-13(17(24)25)27-19-21-20-18-22(11-12-26-14-7-3-2-4-8-14)15-9-5-6-10-16(15)23(18)19/h2-10,13H,11-12H2,1H3,(H,24,25)/p-1/t13-/m1/s1. The molecule has 138 valence electrons. The molecule has 0 N–H and O–H groups in total. The maximum atomic E-state index is 11.1. The highest BCUT2D eigenvalue weighted by Gasteiger charge is 2.19. The Morgan fingerprint density at radius 2 is 1.81 bits per heavy atom. The number of aliphatic carboxylic acids is 1. The lowest BCUT2D eigenvalue weighted by Crippen LogP contribution is -2.31. The average Bonchev–Trinajstić information content (AvgIpc) is 3.22. The van der Waals surface area contributed by atoms with E-state index in [1.54, 1.807) is 6.92 Å². The molecule has 0 radical (unpaired) electrons. The van der Waals surface area contributed by atoms with Crippen LogP contribution in [0.4, 0.5) is 0 Å². The molecule has 2 aromatic heterocycles. The summed E-state index contributed by atoms with van der Waals surface area (Å²) in [6.45, 7) is 2.64. The molecule has 2 heterocycles. The molecule has 0 spiro atoms. The minimum absolute atomic E-state index is 0.475. The predicted octanol–water partition coefficient (Wildman–Crippen LogP) is 1.99. The van der Waals surface area contributed by atoms with Crippen LogP contribution in [0.2, 0.25) is 0 Å². The number of imidazole rings is 1. The van der Waals surface area contributed by atoms with Gasteiger partial charge in [-0.15, -0.1) is 10.2 Å². The van der Waals surface area contributed by atoms with E-state index in [-0.39, 0.29) is 0 Å². The number of thioether (sulfide) groups is 1. The number of benzene rings is 2. The summed E-state index contributed by atoms with van der Waals surface area (Å²) in [6.07, 6.45) is 0. The third-order valence-electron chi connectivity index (χ3n) is 4.21. The number of aromatic nitrogens is 4. The van der Waals surface area contributed by atoms with Crippen LogP contribution >= 0.6 is 11.8 Å². The second-order valence-corrected chi connectivity index (χ2v) is 7.31. The molecule has 7 nitrogen and oxygen atoms in total. The van der Waals surface area contributed by atoms with Crippen molar-refractivity contribution in [1.29, 1.82) is 0 Å². The smallest absolute Gasteiger partial charge is 0.237 e. The summed E-state index contributed by atoms with van der Waals surface area (Å²) in [5, 5.41) is 19.4. The van der Waals surface area contributed by atoms with E-state index in [0.717, 1.165) is 28.5 Å². The molecule has 0 saturated heterocycles. The highest BCUT2D eigenvalue weighted by atomic mass is 32.2. The van der Waals surface area contributed by atoms with Gasteiger partial charge in [0.2, 0.25) is 5.78 Å². The van der Waals surface area contributed by atoms with E-state index in [2.05, 4.69) is 10.2 Å². The first-order chi connectivity index (χ1) is 13.1. The van der Waals surface area contributed by atoms with E-state index >= 15 is 0 Å². The van der Waals surface area contributed by atoms with Crippen molar-refractivity contribution in [2.45, 2.75) is 23.9 Å². The van der Waals surface area contributed by atoms with Crippen molar-refractivity contribution in [3.63, 3.8) is 0 Å². The van der Waals surface area contributed by atoms with Gasteiger partial charge < -0.3 is 19.2 Å². The number of ether oxygens (including phenoxy) is 1. The van der Waals surface area contributed by atoms with Crippen molar-refractivity contribution in [2.24, 2.45) is 0 Å².